The number of hydrogen-bond acceptors (Lipinski definition) is 1. The van der Waals surface area contributed by atoms with Crippen LogP contribution in [0.2, 0.25) is 0 Å². The highest BCUT2D eigenvalue weighted by Crippen LogP contribution is 2.33. The third-order valence-corrected chi connectivity index (χ3v) is 3.60. The van der Waals surface area contributed by atoms with Crippen LogP contribution in [-0.4, -0.2) is 9.38 Å². The van der Waals surface area contributed by atoms with Gasteiger partial charge < -0.3 is 4.40 Å². The van der Waals surface area contributed by atoms with E-state index in [-0.39, 0.29) is 5.41 Å². The fourth-order valence-electron chi connectivity index (χ4n) is 2.72. The van der Waals surface area contributed by atoms with Crippen molar-refractivity contribution < 1.29 is 0 Å². The van der Waals surface area contributed by atoms with Crippen molar-refractivity contribution in [2.75, 3.05) is 0 Å². The van der Waals surface area contributed by atoms with Crippen molar-refractivity contribution in [2.45, 2.75) is 33.1 Å². The van der Waals surface area contributed by atoms with Gasteiger partial charge in [-0.2, -0.15) is 0 Å². The molecule has 0 aliphatic heterocycles. The lowest BCUT2D eigenvalue weighted by molar-refractivity contribution is 0.565. The molecule has 102 valence electrons. The summed E-state index contributed by atoms with van der Waals surface area (Å²) in [4.78, 5) is 4.91. The summed E-state index contributed by atoms with van der Waals surface area (Å²) in [6, 6.07) is 14.6. The standard InChI is InChI=1S/C18H20N2/c1-13-9-8-12-20-16(18(2,3)4)15(19-17(13)20)14-10-6-5-7-11-14/h5-12H,1-4H3. The van der Waals surface area contributed by atoms with Gasteiger partial charge in [0.05, 0.1) is 11.4 Å². The molecule has 2 heteroatoms. The van der Waals surface area contributed by atoms with Gasteiger partial charge in [0.15, 0.2) is 0 Å². The SMILES string of the molecule is Cc1cccn2c(C(C)(C)C)c(-c3ccccc3)nc12. The number of imidazole rings is 1. The minimum Gasteiger partial charge on any atom is -0.303 e. The van der Waals surface area contributed by atoms with E-state index in [1.165, 1.54) is 16.8 Å². The molecule has 2 aromatic heterocycles. The van der Waals surface area contributed by atoms with Crippen LogP contribution in [0.1, 0.15) is 32.0 Å². The maximum absolute atomic E-state index is 4.91. The number of hydrogen-bond donors (Lipinski definition) is 0. The molecule has 2 nitrogen and oxygen atoms in total. The molecule has 0 bridgehead atoms. The average molecular weight is 264 g/mol. The van der Waals surface area contributed by atoms with Gasteiger partial charge in [0.1, 0.15) is 5.65 Å². The topological polar surface area (TPSA) is 17.3 Å². The minimum atomic E-state index is 0.0401. The first-order chi connectivity index (χ1) is 9.48. The van der Waals surface area contributed by atoms with Crippen LogP contribution in [-0.2, 0) is 5.41 Å². The average Bonchev–Trinajstić information content (AvgIpc) is 2.80. The van der Waals surface area contributed by atoms with Crippen LogP contribution in [0.3, 0.4) is 0 Å². The van der Waals surface area contributed by atoms with E-state index in [1.54, 1.807) is 0 Å². The lowest BCUT2D eigenvalue weighted by Gasteiger charge is -2.20. The van der Waals surface area contributed by atoms with Crippen LogP contribution >= 0.6 is 0 Å². The molecule has 0 saturated carbocycles. The van der Waals surface area contributed by atoms with Crippen molar-refractivity contribution >= 4 is 5.65 Å². The molecule has 0 spiro atoms. The van der Waals surface area contributed by atoms with Gasteiger partial charge in [-0.15, -0.1) is 0 Å². The zero-order chi connectivity index (χ0) is 14.3. The lowest BCUT2D eigenvalue weighted by atomic mass is 9.89. The zero-order valence-corrected chi connectivity index (χ0v) is 12.5. The first kappa shape index (κ1) is 12.9. The number of nitrogens with zero attached hydrogens (tertiary/aromatic N) is 2. The summed E-state index contributed by atoms with van der Waals surface area (Å²) in [6.07, 6.45) is 2.11. The normalized spacial score (nSPS) is 12.0. The summed E-state index contributed by atoms with van der Waals surface area (Å²) in [7, 11) is 0. The number of aromatic nitrogens is 2. The molecular formula is C18H20N2. The second kappa shape index (κ2) is 4.48. The Bertz CT molecular complexity index is 746. The maximum Gasteiger partial charge on any atom is 0.140 e. The molecule has 0 amide bonds. The van der Waals surface area contributed by atoms with Crippen molar-refractivity contribution in [3.05, 3.63) is 59.9 Å². The largest absolute Gasteiger partial charge is 0.303 e. The highest BCUT2D eigenvalue weighted by Gasteiger charge is 2.25. The van der Waals surface area contributed by atoms with E-state index in [9.17, 15) is 0 Å². The van der Waals surface area contributed by atoms with Crippen LogP contribution in [0.25, 0.3) is 16.9 Å². The second-order valence-electron chi connectivity index (χ2n) is 6.31. The van der Waals surface area contributed by atoms with Gasteiger partial charge >= 0.3 is 0 Å². The van der Waals surface area contributed by atoms with E-state index >= 15 is 0 Å². The molecular weight excluding hydrogens is 244 g/mol. The molecule has 0 fully saturated rings. The number of benzene rings is 1. The smallest absolute Gasteiger partial charge is 0.140 e. The van der Waals surface area contributed by atoms with Gasteiger partial charge in [0.25, 0.3) is 0 Å². The molecule has 0 saturated heterocycles. The van der Waals surface area contributed by atoms with Crippen molar-refractivity contribution in [3.8, 4) is 11.3 Å². The van der Waals surface area contributed by atoms with E-state index in [4.69, 9.17) is 4.98 Å². The third kappa shape index (κ3) is 2.01. The van der Waals surface area contributed by atoms with Crippen molar-refractivity contribution in [1.29, 1.82) is 0 Å². The molecule has 2 heterocycles. The van der Waals surface area contributed by atoms with E-state index in [2.05, 4.69) is 74.7 Å². The molecule has 0 atom stereocenters. The predicted molar refractivity (Wildman–Crippen MR) is 84.1 cm³/mol. The Morgan fingerprint density at radius 3 is 2.30 bits per heavy atom. The van der Waals surface area contributed by atoms with Crippen LogP contribution in [0, 0.1) is 6.92 Å². The van der Waals surface area contributed by atoms with Crippen LogP contribution < -0.4 is 0 Å². The Balaban J connectivity index is 2.40. The van der Waals surface area contributed by atoms with Gasteiger partial charge in [0, 0.05) is 17.2 Å². The van der Waals surface area contributed by atoms with Crippen molar-refractivity contribution in [3.63, 3.8) is 0 Å². The van der Waals surface area contributed by atoms with Crippen LogP contribution in [0.15, 0.2) is 48.7 Å². The van der Waals surface area contributed by atoms with Crippen molar-refractivity contribution in [1.82, 2.24) is 9.38 Å². The minimum absolute atomic E-state index is 0.0401. The maximum atomic E-state index is 4.91. The molecule has 0 N–H and O–H groups in total. The fraction of sp³-hybridized carbons (Fsp3) is 0.278. The summed E-state index contributed by atoms with van der Waals surface area (Å²) in [6.45, 7) is 8.84. The number of rotatable bonds is 1. The molecule has 1 aromatic carbocycles. The Labute approximate surface area is 120 Å². The Morgan fingerprint density at radius 2 is 1.65 bits per heavy atom. The summed E-state index contributed by atoms with van der Waals surface area (Å²) in [5.41, 5.74) is 5.84. The molecule has 0 aliphatic rings. The molecule has 3 rings (SSSR count). The summed E-state index contributed by atoms with van der Waals surface area (Å²) < 4.78 is 2.23. The van der Waals surface area contributed by atoms with Gasteiger partial charge in [-0.05, 0) is 18.6 Å². The first-order valence-corrected chi connectivity index (χ1v) is 7.02. The van der Waals surface area contributed by atoms with Crippen LogP contribution in [0.4, 0.5) is 0 Å². The number of fused-ring (bicyclic) bond motifs is 1. The molecule has 20 heavy (non-hydrogen) atoms. The highest BCUT2D eigenvalue weighted by atomic mass is 15.0. The van der Waals surface area contributed by atoms with Crippen LogP contribution in [0.5, 0.6) is 0 Å². The molecule has 0 aliphatic carbocycles. The third-order valence-electron chi connectivity index (χ3n) is 3.60. The first-order valence-electron chi connectivity index (χ1n) is 7.02. The molecule has 3 aromatic rings. The Morgan fingerprint density at radius 1 is 0.950 bits per heavy atom. The summed E-state index contributed by atoms with van der Waals surface area (Å²) >= 11 is 0. The summed E-state index contributed by atoms with van der Waals surface area (Å²) in [5.74, 6) is 0. The quantitative estimate of drug-likeness (QED) is 0.627. The zero-order valence-electron chi connectivity index (χ0n) is 12.5. The predicted octanol–water partition coefficient (Wildman–Crippen LogP) is 4.61. The van der Waals surface area contributed by atoms with E-state index in [1.807, 2.05) is 6.07 Å². The molecule has 0 radical (unpaired) electrons. The van der Waals surface area contributed by atoms with Gasteiger partial charge in [0.2, 0.25) is 0 Å². The highest BCUT2D eigenvalue weighted by molar-refractivity contribution is 5.69. The van der Waals surface area contributed by atoms with Gasteiger partial charge in [-0.3, -0.25) is 0 Å². The number of pyridine rings is 1. The monoisotopic (exact) mass is 264 g/mol. The fourth-order valence-corrected chi connectivity index (χ4v) is 2.72. The lowest BCUT2D eigenvalue weighted by Crippen LogP contribution is -2.15. The Hall–Kier alpha value is -2.09. The van der Waals surface area contributed by atoms with Gasteiger partial charge in [-0.25, -0.2) is 4.98 Å². The van der Waals surface area contributed by atoms with E-state index in [0.29, 0.717) is 0 Å². The molecule has 0 unspecified atom stereocenters. The van der Waals surface area contributed by atoms with E-state index in [0.717, 1.165) is 11.3 Å². The second-order valence-corrected chi connectivity index (χ2v) is 6.31. The summed E-state index contributed by atoms with van der Waals surface area (Å²) in [5, 5.41) is 0. The Kier molecular flexibility index (Phi) is 2.89. The van der Waals surface area contributed by atoms with Crippen molar-refractivity contribution in [2.24, 2.45) is 0 Å². The van der Waals surface area contributed by atoms with Gasteiger partial charge in [-0.1, -0.05) is 57.2 Å². The van der Waals surface area contributed by atoms with E-state index < -0.39 is 0 Å². The number of aryl methyl sites for hydroxylation is 1.